The van der Waals surface area contributed by atoms with Crippen molar-refractivity contribution in [1.29, 1.82) is 0 Å². The second kappa shape index (κ2) is 7.28. The van der Waals surface area contributed by atoms with Crippen LogP contribution in [0.1, 0.15) is 58.8 Å². The topological polar surface area (TPSA) is 38.3 Å². The molecule has 0 radical (unpaired) electrons. The molecule has 0 bridgehead atoms. The summed E-state index contributed by atoms with van der Waals surface area (Å²) in [6.07, 6.45) is 7.67. The van der Waals surface area contributed by atoms with Gasteiger partial charge in [0.2, 0.25) is 0 Å². The van der Waals surface area contributed by atoms with E-state index >= 15 is 0 Å². The van der Waals surface area contributed by atoms with Crippen LogP contribution in [0, 0.1) is 17.8 Å². The lowest BCUT2D eigenvalue weighted by Gasteiger charge is -2.31. The Hall–Kier alpha value is -0.570. The Labute approximate surface area is 117 Å². The maximum absolute atomic E-state index is 11.9. The van der Waals surface area contributed by atoms with Crippen LogP contribution >= 0.6 is 0 Å². The highest BCUT2D eigenvalue weighted by Gasteiger charge is 2.26. The van der Waals surface area contributed by atoms with E-state index in [1.165, 1.54) is 19.3 Å². The highest BCUT2D eigenvalue weighted by Crippen LogP contribution is 2.30. The number of esters is 1. The normalized spacial score (nSPS) is 35.9. The van der Waals surface area contributed by atoms with Gasteiger partial charge in [-0.05, 0) is 69.4 Å². The number of carbonyl (C=O) groups is 1. The van der Waals surface area contributed by atoms with Crippen LogP contribution in [0.25, 0.3) is 0 Å². The molecule has 3 nitrogen and oxygen atoms in total. The highest BCUT2D eigenvalue weighted by molar-refractivity contribution is 5.69. The summed E-state index contributed by atoms with van der Waals surface area (Å²) in [7, 11) is 0. The van der Waals surface area contributed by atoms with Crippen molar-refractivity contribution < 1.29 is 9.53 Å². The van der Waals surface area contributed by atoms with Crippen LogP contribution in [0.2, 0.25) is 0 Å². The van der Waals surface area contributed by atoms with Gasteiger partial charge in [0.05, 0.1) is 0 Å². The summed E-state index contributed by atoms with van der Waals surface area (Å²) in [6, 6.07) is 0. The van der Waals surface area contributed by atoms with Crippen LogP contribution in [0.3, 0.4) is 0 Å². The predicted molar refractivity (Wildman–Crippen MR) is 76.9 cm³/mol. The van der Waals surface area contributed by atoms with E-state index in [9.17, 15) is 4.79 Å². The second-order valence-corrected chi connectivity index (χ2v) is 6.78. The van der Waals surface area contributed by atoms with Gasteiger partial charge in [-0.2, -0.15) is 0 Å². The number of piperidine rings is 1. The van der Waals surface area contributed by atoms with Gasteiger partial charge in [0, 0.05) is 6.42 Å². The molecule has 1 N–H and O–H groups in total. The zero-order chi connectivity index (χ0) is 13.7. The van der Waals surface area contributed by atoms with Gasteiger partial charge < -0.3 is 10.1 Å². The fourth-order valence-electron chi connectivity index (χ4n) is 3.71. The molecule has 3 atom stereocenters. The molecule has 0 amide bonds. The van der Waals surface area contributed by atoms with Gasteiger partial charge in [-0.1, -0.05) is 13.8 Å². The van der Waals surface area contributed by atoms with E-state index in [-0.39, 0.29) is 12.1 Å². The molecule has 110 valence electrons. The molecule has 0 aromatic carbocycles. The largest absolute Gasteiger partial charge is 0.462 e. The van der Waals surface area contributed by atoms with Gasteiger partial charge >= 0.3 is 5.97 Å². The maximum atomic E-state index is 11.9. The van der Waals surface area contributed by atoms with E-state index in [0.29, 0.717) is 24.2 Å². The van der Waals surface area contributed by atoms with E-state index in [4.69, 9.17) is 4.74 Å². The molecule has 1 saturated carbocycles. The Morgan fingerprint density at radius 1 is 1.21 bits per heavy atom. The summed E-state index contributed by atoms with van der Waals surface area (Å²) in [5, 5.41) is 3.40. The minimum atomic E-state index is 0.0249. The van der Waals surface area contributed by atoms with E-state index < -0.39 is 0 Å². The molecular formula is C16H29NO2. The van der Waals surface area contributed by atoms with E-state index in [1.807, 2.05) is 0 Å². The first-order valence-corrected chi connectivity index (χ1v) is 8.03. The Bertz CT molecular complexity index is 276. The lowest BCUT2D eigenvalue weighted by molar-refractivity contribution is -0.152. The van der Waals surface area contributed by atoms with Gasteiger partial charge in [-0.25, -0.2) is 0 Å². The van der Waals surface area contributed by atoms with Crippen LogP contribution in [-0.2, 0) is 9.53 Å². The highest BCUT2D eigenvalue weighted by atomic mass is 16.5. The summed E-state index contributed by atoms with van der Waals surface area (Å²) in [5.41, 5.74) is 0. The van der Waals surface area contributed by atoms with Crippen LogP contribution < -0.4 is 5.32 Å². The zero-order valence-corrected chi connectivity index (χ0v) is 12.5. The number of ether oxygens (including phenoxy) is 1. The van der Waals surface area contributed by atoms with Crippen molar-refractivity contribution in [2.45, 2.75) is 64.9 Å². The first-order chi connectivity index (χ1) is 9.13. The SMILES string of the molecule is CC1CC(C)CC(OC(=O)CCC2CCCNC2)C1. The quantitative estimate of drug-likeness (QED) is 0.795. The predicted octanol–water partition coefficient (Wildman–Crippen LogP) is 3.13. The number of carbonyl (C=O) groups excluding carboxylic acids is 1. The molecule has 2 rings (SSSR count). The van der Waals surface area contributed by atoms with E-state index in [2.05, 4.69) is 19.2 Å². The van der Waals surface area contributed by atoms with Gasteiger partial charge in [0.1, 0.15) is 6.10 Å². The Balaban J connectivity index is 1.65. The number of rotatable bonds is 4. The molecular weight excluding hydrogens is 238 g/mol. The fourth-order valence-corrected chi connectivity index (χ4v) is 3.71. The first kappa shape index (κ1) is 14.8. The second-order valence-electron chi connectivity index (χ2n) is 6.78. The monoisotopic (exact) mass is 267 g/mol. The zero-order valence-electron chi connectivity index (χ0n) is 12.5. The number of hydrogen-bond acceptors (Lipinski definition) is 3. The summed E-state index contributed by atoms with van der Waals surface area (Å²) in [6.45, 7) is 6.75. The minimum Gasteiger partial charge on any atom is -0.462 e. The third-order valence-electron chi connectivity index (χ3n) is 4.59. The molecule has 2 aliphatic rings. The third kappa shape index (κ3) is 5.13. The van der Waals surface area contributed by atoms with Crippen LogP contribution in [0.4, 0.5) is 0 Å². The Morgan fingerprint density at radius 2 is 1.95 bits per heavy atom. The summed E-state index contributed by atoms with van der Waals surface area (Å²) in [5.74, 6) is 2.09. The first-order valence-electron chi connectivity index (χ1n) is 8.03. The summed E-state index contributed by atoms with van der Waals surface area (Å²) < 4.78 is 5.66. The van der Waals surface area contributed by atoms with E-state index in [0.717, 1.165) is 32.4 Å². The molecule has 2 fully saturated rings. The third-order valence-corrected chi connectivity index (χ3v) is 4.59. The van der Waals surface area contributed by atoms with Crippen molar-refractivity contribution in [3.63, 3.8) is 0 Å². The van der Waals surface area contributed by atoms with Gasteiger partial charge in [-0.3, -0.25) is 4.79 Å². The smallest absolute Gasteiger partial charge is 0.306 e. The minimum absolute atomic E-state index is 0.0249. The molecule has 0 aromatic rings. The Morgan fingerprint density at radius 3 is 2.58 bits per heavy atom. The van der Waals surface area contributed by atoms with Gasteiger partial charge in [-0.15, -0.1) is 0 Å². The standard InChI is InChI=1S/C16H29NO2/c1-12-8-13(2)10-15(9-12)19-16(18)6-5-14-4-3-7-17-11-14/h12-15,17H,3-11H2,1-2H3. The lowest BCUT2D eigenvalue weighted by Crippen LogP contribution is -2.31. The molecule has 19 heavy (non-hydrogen) atoms. The fraction of sp³-hybridized carbons (Fsp3) is 0.938. The molecule has 3 unspecified atom stereocenters. The molecule has 1 aliphatic carbocycles. The molecule has 0 aromatic heterocycles. The van der Waals surface area contributed by atoms with Crippen molar-refractivity contribution >= 4 is 5.97 Å². The van der Waals surface area contributed by atoms with Crippen molar-refractivity contribution in [2.24, 2.45) is 17.8 Å². The Kier molecular flexibility index (Phi) is 5.68. The molecule has 1 aliphatic heterocycles. The molecule has 1 saturated heterocycles. The van der Waals surface area contributed by atoms with Crippen LogP contribution in [-0.4, -0.2) is 25.2 Å². The number of nitrogens with one attached hydrogen (secondary N) is 1. The van der Waals surface area contributed by atoms with Gasteiger partial charge in [0.15, 0.2) is 0 Å². The number of hydrogen-bond donors (Lipinski definition) is 1. The lowest BCUT2D eigenvalue weighted by atomic mass is 9.82. The summed E-state index contributed by atoms with van der Waals surface area (Å²) in [4.78, 5) is 11.9. The van der Waals surface area contributed by atoms with Crippen molar-refractivity contribution in [1.82, 2.24) is 5.32 Å². The molecule has 1 heterocycles. The molecule has 0 spiro atoms. The van der Waals surface area contributed by atoms with Crippen molar-refractivity contribution in [2.75, 3.05) is 13.1 Å². The van der Waals surface area contributed by atoms with Gasteiger partial charge in [0.25, 0.3) is 0 Å². The molecule has 3 heteroatoms. The van der Waals surface area contributed by atoms with Crippen molar-refractivity contribution in [3.8, 4) is 0 Å². The van der Waals surface area contributed by atoms with E-state index in [1.54, 1.807) is 0 Å². The average molecular weight is 267 g/mol. The maximum Gasteiger partial charge on any atom is 0.306 e. The van der Waals surface area contributed by atoms with Crippen molar-refractivity contribution in [3.05, 3.63) is 0 Å². The average Bonchev–Trinajstić information content (AvgIpc) is 2.36. The summed E-state index contributed by atoms with van der Waals surface area (Å²) >= 11 is 0. The van der Waals surface area contributed by atoms with Crippen LogP contribution in [0.5, 0.6) is 0 Å². The van der Waals surface area contributed by atoms with Crippen LogP contribution in [0.15, 0.2) is 0 Å².